The number of aliphatic hydroxyl groups is 14. The Bertz CT molecular complexity index is 917. The molecule has 0 aromatic carbocycles. The lowest BCUT2D eigenvalue weighted by Gasteiger charge is -2.49. The van der Waals surface area contributed by atoms with Crippen LogP contribution in [0.4, 0.5) is 0 Å². The molecule has 17 heteroatoms. The molecule has 44 heavy (non-hydrogen) atoms. The second-order valence-corrected chi connectivity index (χ2v) is 12.9. The molecule has 0 spiro atoms. The number of ether oxygens (including phenoxy) is 5. The van der Waals surface area contributed by atoms with Crippen molar-refractivity contribution in [2.24, 2.45) is 11.8 Å². The van der Waals surface area contributed by atoms with Gasteiger partial charge in [-0.05, 0) is 19.3 Å². The highest BCUT2D eigenvalue weighted by atomic mass is 16.7. The molecule has 0 amide bonds. The van der Waals surface area contributed by atoms with Gasteiger partial charge in [-0.3, -0.25) is 0 Å². The Morgan fingerprint density at radius 2 is 1.18 bits per heavy atom. The average molecular weight is 644 g/mol. The molecule has 0 bridgehead atoms. The maximum Gasteiger partial charge on any atom is 0.187 e. The molecule has 5 fully saturated rings. The van der Waals surface area contributed by atoms with Crippen LogP contribution < -0.4 is 0 Å². The van der Waals surface area contributed by atoms with Gasteiger partial charge < -0.3 is 85.0 Å². The van der Waals surface area contributed by atoms with Crippen LogP contribution in [0.1, 0.15) is 32.1 Å². The molecule has 256 valence electrons. The molecule has 2 aliphatic carbocycles. The molecule has 5 aliphatic rings. The van der Waals surface area contributed by atoms with Crippen LogP contribution in [0.25, 0.3) is 0 Å². The Morgan fingerprint density at radius 1 is 0.591 bits per heavy atom. The van der Waals surface area contributed by atoms with Crippen LogP contribution in [-0.2, 0) is 18.9 Å². The second-order valence-electron chi connectivity index (χ2n) is 12.9. The third kappa shape index (κ3) is 6.95. The molecule has 3 saturated heterocycles. The maximum absolute atomic E-state index is 10.8. The summed E-state index contributed by atoms with van der Waals surface area (Å²) < 4.78 is 27.6. The first-order chi connectivity index (χ1) is 20.8. The summed E-state index contributed by atoms with van der Waals surface area (Å²) in [5.41, 5.74) is 0. The molecule has 0 aromatic heterocycles. The highest BCUT2D eigenvalue weighted by Crippen LogP contribution is 2.42. The van der Waals surface area contributed by atoms with E-state index in [-0.39, 0.29) is 32.1 Å². The molecule has 5 rings (SSSR count). The summed E-state index contributed by atoms with van der Waals surface area (Å²) in [6.07, 6.45) is -22.8. The third-order valence-electron chi connectivity index (χ3n) is 9.88. The van der Waals surface area contributed by atoms with Gasteiger partial charge in [0.1, 0.15) is 61.0 Å². The minimum Gasteiger partial charge on any atom is -0.427 e. The van der Waals surface area contributed by atoms with Gasteiger partial charge in [-0.2, -0.15) is 0 Å². The van der Waals surface area contributed by atoms with Gasteiger partial charge in [0.2, 0.25) is 0 Å². The summed E-state index contributed by atoms with van der Waals surface area (Å²) in [6.45, 7) is -1.24. The van der Waals surface area contributed by atoms with Gasteiger partial charge >= 0.3 is 0 Å². The Labute approximate surface area is 252 Å². The van der Waals surface area contributed by atoms with E-state index in [1.54, 1.807) is 0 Å². The molecular formula is C27H47O17+. The summed E-state index contributed by atoms with van der Waals surface area (Å²) in [7, 11) is 0. The van der Waals surface area contributed by atoms with E-state index in [0.29, 0.717) is 0 Å². The van der Waals surface area contributed by atoms with Gasteiger partial charge in [0.25, 0.3) is 0 Å². The van der Waals surface area contributed by atoms with Crippen LogP contribution in [0.15, 0.2) is 0 Å². The molecule has 8 unspecified atom stereocenters. The third-order valence-corrected chi connectivity index (χ3v) is 9.88. The van der Waals surface area contributed by atoms with Crippen molar-refractivity contribution in [1.29, 1.82) is 0 Å². The number of fused-ring (bicyclic) bond motifs is 1. The topological polar surface area (TPSA) is 292 Å². The first-order valence-electron chi connectivity index (χ1n) is 15.2. The van der Waals surface area contributed by atoms with E-state index in [1.807, 2.05) is 0 Å². The quantitative estimate of drug-likeness (QED) is 0.115. The molecule has 2 saturated carbocycles. The molecule has 0 radical (unpaired) electrons. The standard InChI is InChI=1S/C27H46O17/c28-6-16-19(34)21(36)23(38)26(43-16)40-7-17-20(35)22(37)24(39)27(44-17)42-15-5-10-11(30)3-9(29)4-14(10)41-25(15)8-1-12(31)18(33)13(32)2-8/h8-39H,1-7H2/p+1/t8?,9?,10?,11?,12?,13?,14?,15?,16-,17+,18?,19-,20-,21+,22+,23-,24+,25?,26-,27+/m0/s1. The summed E-state index contributed by atoms with van der Waals surface area (Å²) in [5, 5.41) is 124. The monoisotopic (exact) mass is 643 g/mol. The Kier molecular flexibility index (Phi) is 11.2. The minimum absolute atomic E-state index is 0.0692. The molecule has 18 atom stereocenters. The maximum atomic E-state index is 10.8. The first-order valence-corrected chi connectivity index (χ1v) is 15.2. The Balaban J connectivity index is 1.30. The van der Waals surface area contributed by atoms with Crippen molar-refractivity contribution in [2.75, 3.05) is 13.2 Å². The molecule has 3 heterocycles. The molecule has 17 nitrogen and oxygen atoms in total. The van der Waals surface area contributed by atoms with Crippen molar-refractivity contribution in [3.8, 4) is 0 Å². The van der Waals surface area contributed by atoms with Gasteiger partial charge in [0.15, 0.2) is 24.8 Å². The highest BCUT2D eigenvalue weighted by molar-refractivity contribution is 4.99. The Morgan fingerprint density at radius 3 is 1.82 bits per heavy atom. The van der Waals surface area contributed by atoms with Crippen LogP contribution in [0, 0.1) is 11.8 Å². The van der Waals surface area contributed by atoms with Crippen molar-refractivity contribution >= 4 is 0 Å². The van der Waals surface area contributed by atoms with E-state index in [9.17, 15) is 61.3 Å². The van der Waals surface area contributed by atoms with Crippen LogP contribution in [0.2, 0.25) is 0 Å². The lowest BCUT2D eigenvalue weighted by Crippen LogP contribution is -2.64. The minimum atomic E-state index is -1.78. The van der Waals surface area contributed by atoms with E-state index in [4.69, 9.17) is 23.7 Å². The van der Waals surface area contributed by atoms with Gasteiger partial charge in [0, 0.05) is 18.8 Å². The van der Waals surface area contributed by atoms with Crippen molar-refractivity contribution in [1.82, 2.24) is 0 Å². The van der Waals surface area contributed by atoms with Gasteiger partial charge in [-0.25, -0.2) is 0 Å². The fraction of sp³-hybridized carbons (Fsp3) is 1.00. The number of hydrogen-bond acceptors (Lipinski definition) is 16. The van der Waals surface area contributed by atoms with E-state index in [2.05, 4.69) is 0 Å². The summed E-state index contributed by atoms with van der Waals surface area (Å²) in [6, 6.07) is 0. The number of hydrogen-bond donors (Lipinski definition) is 12. The average Bonchev–Trinajstić information content (AvgIpc) is 2.98. The lowest BCUT2D eigenvalue weighted by atomic mass is 9.72. The van der Waals surface area contributed by atoms with Crippen molar-refractivity contribution in [3.05, 3.63) is 0 Å². The number of aliphatic hydroxyl groups excluding tert-OH is 12. The smallest absolute Gasteiger partial charge is 0.187 e. The summed E-state index contributed by atoms with van der Waals surface area (Å²) >= 11 is 0. The van der Waals surface area contributed by atoms with E-state index < -0.39 is 135 Å². The Hall–Kier alpha value is -0.680. The van der Waals surface area contributed by atoms with Crippen molar-refractivity contribution < 1.29 is 85.0 Å². The fourth-order valence-electron chi connectivity index (χ4n) is 7.30. The van der Waals surface area contributed by atoms with E-state index in [1.165, 1.54) is 0 Å². The SMILES string of the molecule is OC[C@@H]1O[C@H](OC[C@H]2O[C@@H](OC3CC4C(O)CC(O)CC4[OH+]C3C3CC(O)C(O)C(O)C3)[C@H](O)[C@H](O)[C@H]2O)[C@@H](O)[C@H](O)[C@H]1O. The van der Waals surface area contributed by atoms with Gasteiger partial charge in [0.05, 0.1) is 43.5 Å². The van der Waals surface area contributed by atoms with Gasteiger partial charge in [-0.15, -0.1) is 0 Å². The predicted octanol–water partition coefficient (Wildman–Crippen LogP) is -6.71. The highest BCUT2D eigenvalue weighted by Gasteiger charge is 2.56. The van der Waals surface area contributed by atoms with Crippen LogP contribution >= 0.6 is 0 Å². The summed E-state index contributed by atoms with van der Waals surface area (Å²) in [5.74, 6) is -0.919. The fourth-order valence-corrected chi connectivity index (χ4v) is 7.30. The zero-order chi connectivity index (χ0) is 32.0. The largest absolute Gasteiger partial charge is 0.427 e. The molecular weight excluding hydrogens is 596 g/mol. The summed E-state index contributed by atoms with van der Waals surface area (Å²) in [4.78, 5) is 0. The van der Waals surface area contributed by atoms with Crippen molar-refractivity contribution in [2.45, 2.75) is 142 Å². The van der Waals surface area contributed by atoms with Crippen LogP contribution in [0.3, 0.4) is 0 Å². The van der Waals surface area contributed by atoms with Crippen molar-refractivity contribution in [3.63, 3.8) is 0 Å². The zero-order valence-electron chi connectivity index (χ0n) is 23.9. The second kappa shape index (κ2) is 14.2. The predicted molar refractivity (Wildman–Crippen MR) is 141 cm³/mol. The zero-order valence-corrected chi connectivity index (χ0v) is 23.9. The number of rotatable bonds is 7. The first kappa shape index (κ1) is 34.6. The van der Waals surface area contributed by atoms with Gasteiger partial charge in [-0.1, -0.05) is 0 Å². The molecule has 0 aromatic rings. The lowest BCUT2D eigenvalue weighted by molar-refractivity contribution is -0.363. The van der Waals surface area contributed by atoms with Crippen LogP contribution in [0.5, 0.6) is 0 Å². The normalized spacial score (nSPS) is 55.4. The molecule has 3 aliphatic heterocycles. The van der Waals surface area contributed by atoms with E-state index >= 15 is 0 Å². The van der Waals surface area contributed by atoms with Crippen LogP contribution in [-0.4, -0.2) is 189 Å². The molecule has 13 N–H and O–H groups in total. The van der Waals surface area contributed by atoms with E-state index in [0.717, 1.165) is 0 Å².